The molecule has 0 aliphatic rings. The smallest absolute Gasteiger partial charge is 0.382 e. The maximum absolute atomic E-state index is 13.1. The second-order valence-electron chi connectivity index (χ2n) is 9.12. The van der Waals surface area contributed by atoms with Gasteiger partial charge in [-0.1, -0.05) is 18.2 Å². The van der Waals surface area contributed by atoms with Crippen molar-refractivity contribution < 1.29 is 22.8 Å². The van der Waals surface area contributed by atoms with E-state index in [2.05, 4.69) is 31.0 Å². The molecule has 1 aromatic carbocycles. The molecule has 0 saturated heterocycles. The Hall–Kier alpha value is -4.68. The standard InChI is InChI=1S/C24H23F3N8O2/c1-23(2,3)34-21(36)15-11-35-19(20(28)29-12-30-35)18(15)13-7-9-14(10-8-13)31-22(37)33-17-6-4-5-16(32-17)24(25,26)27/h4-12H,1-3H3,(H,34,36)(H2,28,29,30)(H2,31,32,33,37). The summed E-state index contributed by atoms with van der Waals surface area (Å²) in [4.78, 5) is 32.8. The highest BCUT2D eigenvalue weighted by Crippen LogP contribution is 2.33. The quantitative estimate of drug-likeness (QED) is 0.316. The Kier molecular flexibility index (Phi) is 6.46. The third-order valence-corrected chi connectivity index (χ3v) is 5.05. The summed E-state index contributed by atoms with van der Waals surface area (Å²) in [7, 11) is 0. The maximum Gasteiger partial charge on any atom is 0.433 e. The minimum atomic E-state index is -4.63. The molecular weight excluding hydrogens is 489 g/mol. The molecule has 3 aromatic heterocycles. The van der Waals surface area contributed by atoms with Crippen LogP contribution in [0.15, 0.2) is 55.0 Å². The molecule has 0 bridgehead atoms. The largest absolute Gasteiger partial charge is 0.433 e. The number of amides is 3. The van der Waals surface area contributed by atoms with Crippen molar-refractivity contribution in [3.8, 4) is 11.1 Å². The lowest BCUT2D eigenvalue weighted by molar-refractivity contribution is -0.141. The summed E-state index contributed by atoms with van der Waals surface area (Å²) in [6.07, 6.45) is -1.79. The lowest BCUT2D eigenvalue weighted by Gasteiger charge is -2.20. The zero-order valence-corrected chi connectivity index (χ0v) is 20.0. The summed E-state index contributed by atoms with van der Waals surface area (Å²) >= 11 is 0. The van der Waals surface area contributed by atoms with Gasteiger partial charge in [0, 0.05) is 23.0 Å². The molecule has 192 valence electrons. The Morgan fingerprint density at radius 2 is 1.70 bits per heavy atom. The maximum atomic E-state index is 13.1. The summed E-state index contributed by atoms with van der Waals surface area (Å²) in [6.45, 7) is 5.57. The van der Waals surface area contributed by atoms with Crippen molar-refractivity contribution >= 4 is 34.8 Å². The van der Waals surface area contributed by atoms with Crippen molar-refractivity contribution in [1.82, 2.24) is 24.9 Å². The van der Waals surface area contributed by atoms with E-state index >= 15 is 0 Å². The number of alkyl halides is 3. The Balaban J connectivity index is 1.59. The molecular formula is C24H23F3N8O2. The zero-order valence-electron chi connectivity index (χ0n) is 20.0. The minimum absolute atomic E-state index is 0.176. The highest BCUT2D eigenvalue weighted by atomic mass is 19.4. The predicted molar refractivity (Wildman–Crippen MR) is 132 cm³/mol. The first kappa shape index (κ1) is 25.4. The number of carbonyl (C=O) groups is 2. The fraction of sp³-hybridized carbons (Fsp3) is 0.208. The third-order valence-electron chi connectivity index (χ3n) is 5.05. The monoisotopic (exact) mass is 512 g/mol. The summed E-state index contributed by atoms with van der Waals surface area (Å²) in [6, 6.07) is 8.88. The first-order valence-electron chi connectivity index (χ1n) is 11.0. The van der Waals surface area contributed by atoms with Gasteiger partial charge in [-0.2, -0.15) is 18.3 Å². The summed E-state index contributed by atoms with van der Waals surface area (Å²) in [5, 5.41) is 11.9. The zero-order chi connectivity index (χ0) is 27.0. The molecule has 37 heavy (non-hydrogen) atoms. The van der Waals surface area contributed by atoms with Gasteiger partial charge in [-0.15, -0.1) is 0 Å². The first-order valence-corrected chi connectivity index (χ1v) is 11.0. The molecule has 0 unspecified atom stereocenters. The van der Waals surface area contributed by atoms with Gasteiger partial charge < -0.3 is 16.4 Å². The van der Waals surface area contributed by atoms with Crippen LogP contribution >= 0.6 is 0 Å². The van der Waals surface area contributed by atoms with Crippen LogP contribution in [-0.4, -0.2) is 37.1 Å². The first-order chi connectivity index (χ1) is 17.3. The minimum Gasteiger partial charge on any atom is -0.382 e. The van der Waals surface area contributed by atoms with Gasteiger partial charge >= 0.3 is 12.2 Å². The molecule has 0 fully saturated rings. The number of rotatable bonds is 4. The number of hydrogen-bond donors (Lipinski definition) is 4. The number of nitrogens with zero attached hydrogens (tertiary/aromatic N) is 4. The van der Waals surface area contributed by atoms with E-state index in [1.165, 1.54) is 16.9 Å². The molecule has 3 heterocycles. The molecule has 0 spiro atoms. The van der Waals surface area contributed by atoms with Gasteiger partial charge in [-0.3, -0.25) is 10.1 Å². The van der Waals surface area contributed by atoms with Crippen LogP contribution in [-0.2, 0) is 6.18 Å². The van der Waals surface area contributed by atoms with Crippen LogP contribution in [0, 0.1) is 0 Å². The van der Waals surface area contributed by atoms with Crippen molar-refractivity contribution in [3.05, 3.63) is 66.2 Å². The lowest BCUT2D eigenvalue weighted by atomic mass is 10.0. The van der Waals surface area contributed by atoms with Crippen LogP contribution in [0.25, 0.3) is 16.6 Å². The molecule has 4 rings (SSSR count). The summed E-state index contributed by atoms with van der Waals surface area (Å²) in [5.74, 6) is -0.410. The molecule has 0 radical (unpaired) electrons. The normalized spacial score (nSPS) is 11.8. The van der Waals surface area contributed by atoms with Gasteiger partial charge in [-0.25, -0.2) is 19.3 Å². The van der Waals surface area contributed by atoms with E-state index in [9.17, 15) is 22.8 Å². The Labute approximate surface area is 209 Å². The number of pyridine rings is 1. The summed E-state index contributed by atoms with van der Waals surface area (Å²) in [5.41, 5.74) is 6.71. The van der Waals surface area contributed by atoms with E-state index in [1.54, 1.807) is 30.5 Å². The molecule has 10 nitrogen and oxygen atoms in total. The molecule has 0 atom stereocenters. The number of halogens is 3. The topological polar surface area (TPSA) is 139 Å². The van der Waals surface area contributed by atoms with E-state index in [4.69, 9.17) is 5.73 Å². The Morgan fingerprint density at radius 3 is 2.35 bits per heavy atom. The van der Waals surface area contributed by atoms with Gasteiger partial charge in [0.05, 0.1) is 5.56 Å². The van der Waals surface area contributed by atoms with Crippen LogP contribution in [0.5, 0.6) is 0 Å². The predicted octanol–water partition coefficient (Wildman–Crippen LogP) is 4.56. The van der Waals surface area contributed by atoms with Crippen molar-refractivity contribution in [1.29, 1.82) is 0 Å². The summed E-state index contributed by atoms with van der Waals surface area (Å²) < 4.78 is 40.0. The second kappa shape index (κ2) is 9.41. The number of nitrogens with two attached hydrogens (primary N) is 1. The Morgan fingerprint density at radius 1 is 1.00 bits per heavy atom. The molecule has 3 amide bonds. The van der Waals surface area contributed by atoms with E-state index in [1.807, 2.05) is 20.8 Å². The fourth-order valence-corrected chi connectivity index (χ4v) is 3.57. The number of nitrogens with one attached hydrogen (secondary N) is 3. The van der Waals surface area contributed by atoms with E-state index in [0.29, 0.717) is 27.9 Å². The van der Waals surface area contributed by atoms with Crippen LogP contribution in [0.2, 0.25) is 0 Å². The number of nitrogen functional groups attached to an aromatic ring is 1. The van der Waals surface area contributed by atoms with E-state index in [0.717, 1.165) is 12.1 Å². The van der Waals surface area contributed by atoms with Crippen molar-refractivity contribution in [2.75, 3.05) is 16.4 Å². The number of fused-ring (bicyclic) bond motifs is 1. The second-order valence-corrected chi connectivity index (χ2v) is 9.12. The lowest BCUT2D eigenvalue weighted by Crippen LogP contribution is -2.40. The number of urea groups is 1. The van der Waals surface area contributed by atoms with E-state index in [-0.39, 0.29) is 17.5 Å². The average Bonchev–Trinajstić information content (AvgIpc) is 3.19. The van der Waals surface area contributed by atoms with Gasteiger partial charge in [0.25, 0.3) is 5.91 Å². The number of carbonyl (C=O) groups excluding carboxylic acids is 2. The Bertz CT molecular complexity index is 1470. The molecule has 0 saturated carbocycles. The van der Waals surface area contributed by atoms with E-state index < -0.39 is 23.4 Å². The molecule has 4 aromatic rings. The van der Waals surface area contributed by atoms with Crippen LogP contribution in [0.1, 0.15) is 36.8 Å². The SMILES string of the molecule is CC(C)(C)NC(=O)c1cn2ncnc(N)c2c1-c1ccc(NC(=O)Nc2cccc(C(F)(F)F)n2)cc1. The van der Waals surface area contributed by atoms with Gasteiger partial charge in [0.15, 0.2) is 5.82 Å². The van der Waals surface area contributed by atoms with Gasteiger partial charge in [0.2, 0.25) is 0 Å². The number of hydrogen-bond acceptors (Lipinski definition) is 6. The molecule has 0 aliphatic heterocycles. The molecule has 13 heteroatoms. The third kappa shape index (κ3) is 5.77. The highest BCUT2D eigenvalue weighted by Gasteiger charge is 2.32. The highest BCUT2D eigenvalue weighted by molar-refractivity contribution is 6.07. The fourth-order valence-electron chi connectivity index (χ4n) is 3.57. The van der Waals surface area contributed by atoms with Crippen LogP contribution in [0.4, 0.5) is 35.3 Å². The van der Waals surface area contributed by atoms with Crippen LogP contribution in [0.3, 0.4) is 0 Å². The van der Waals surface area contributed by atoms with Crippen LogP contribution < -0.4 is 21.7 Å². The van der Waals surface area contributed by atoms with Crippen molar-refractivity contribution in [2.24, 2.45) is 0 Å². The van der Waals surface area contributed by atoms with Crippen molar-refractivity contribution in [2.45, 2.75) is 32.5 Å². The molecule has 5 N–H and O–H groups in total. The number of benzene rings is 1. The number of anilines is 3. The van der Waals surface area contributed by atoms with Crippen molar-refractivity contribution in [3.63, 3.8) is 0 Å². The molecule has 0 aliphatic carbocycles. The number of aromatic nitrogens is 4. The van der Waals surface area contributed by atoms with Gasteiger partial charge in [0.1, 0.15) is 23.4 Å². The van der Waals surface area contributed by atoms with Gasteiger partial charge in [-0.05, 0) is 50.6 Å². The average molecular weight is 512 g/mol.